The quantitative estimate of drug-likeness (QED) is 0.899. The first-order valence-corrected chi connectivity index (χ1v) is 7.76. The molecule has 5 nitrogen and oxygen atoms in total. The van der Waals surface area contributed by atoms with Crippen molar-refractivity contribution in [3.05, 3.63) is 53.6 Å². The number of carbonyl (C=O) groups is 1. The number of para-hydroxylation sites is 1. The number of nitrogens with one attached hydrogen (secondary N) is 1. The van der Waals surface area contributed by atoms with Crippen LogP contribution in [0.15, 0.2) is 36.4 Å². The van der Waals surface area contributed by atoms with Crippen LogP contribution in [0.5, 0.6) is 11.5 Å². The van der Waals surface area contributed by atoms with Crippen molar-refractivity contribution in [1.29, 1.82) is 0 Å². The van der Waals surface area contributed by atoms with Gasteiger partial charge in [-0.2, -0.15) is 0 Å². The van der Waals surface area contributed by atoms with E-state index < -0.39 is 23.2 Å². The minimum absolute atomic E-state index is 0.128. The van der Waals surface area contributed by atoms with Gasteiger partial charge in [-0.05, 0) is 30.3 Å². The standard InChI is InChI=1S/C18H17F2NO4/c1-23-15-6-5-11(9-16(15)25-12-7-8-24-10-12)18(22)21-17-13(19)3-2-4-14(17)20/h2-6,9,12H,7-8,10H2,1H3,(H,21,22). The van der Waals surface area contributed by atoms with Crippen LogP contribution in [-0.4, -0.2) is 32.3 Å². The van der Waals surface area contributed by atoms with Crippen LogP contribution in [0.3, 0.4) is 0 Å². The van der Waals surface area contributed by atoms with Crippen LogP contribution >= 0.6 is 0 Å². The second-order valence-corrected chi connectivity index (χ2v) is 5.52. The summed E-state index contributed by atoms with van der Waals surface area (Å²) in [6, 6.07) is 7.90. The van der Waals surface area contributed by atoms with Gasteiger partial charge >= 0.3 is 0 Å². The van der Waals surface area contributed by atoms with E-state index in [1.807, 2.05) is 0 Å². The predicted molar refractivity (Wildman–Crippen MR) is 87.2 cm³/mol. The first-order chi connectivity index (χ1) is 12.1. The number of hydrogen-bond acceptors (Lipinski definition) is 4. The van der Waals surface area contributed by atoms with Gasteiger partial charge in [0.1, 0.15) is 23.4 Å². The minimum atomic E-state index is -0.846. The van der Waals surface area contributed by atoms with Crippen molar-refractivity contribution in [2.45, 2.75) is 12.5 Å². The smallest absolute Gasteiger partial charge is 0.255 e. The van der Waals surface area contributed by atoms with Crippen molar-refractivity contribution in [2.24, 2.45) is 0 Å². The Kier molecular flexibility index (Phi) is 5.14. The molecule has 1 fully saturated rings. The van der Waals surface area contributed by atoms with Crippen molar-refractivity contribution < 1.29 is 27.8 Å². The number of carbonyl (C=O) groups excluding carboxylic acids is 1. The fraction of sp³-hybridized carbons (Fsp3) is 0.278. The summed E-state index contributed by atoms with van der Waals surface area (Å²) in [5.74, 6) is -1.51. The Hall–Kier alpha value is -2.67. The molecule has 1 amide bonds. The number of halogens is 2. The van der Waals surface area contributed by atoms with Crippen LogP contribution in [0.2, 0.25) is 0 Å². The molecule has 1 aliphatic rings. The lowest BCUT2D eigenvalue weighted by atomic mass is 10.1. The summed E-state index contributed by atoms with van der Waals surface area (Å²) in [6.07, 6.45) is 0.608. The maximum absolute atomic E-state index is 13.7. The molecule has 1 saturated heterocycles. The third-order valence-corrected chi connectivity index (χ3v) is 3.81. The highest BCUT2D eigenvalue weighted by Gasteiger charge is 2.21. The molecule has 0 bridgehead atoms. The average molecular weight is 349 g/mol. The molecule has 25 heavy (non-hydrogen) atoms. The molecule has 0 aromatic heterocycles. The first kappa shape index (κ1) is 17.2. The van der Waals surface area contributed by atoms with E-state index in [9.17, 15) is 13.6 Å². The highest BCUT2D eigenvalue weighted by Crippen LogP contribution is 2.31. The van der Waals surface area contributed by atoms with Crippen LogP contribution in [-0.2, 0) is 4.74 Å². The molecule has 0 radical (unpaired) electrons. The predicted octanol–water partition coefficient (Wildman–Crippen LogP) is 3.39. The number of benzene rings is 2. The van der Waals surface area contributed by atoms with Crippen molar-refractivity contribution in [3.63, 3.8) is 0 Å². The van der Waals surface area contributed by atoms with E-state index in [0.29, 0.717) is 24.7 Å². The zero-order valence-electron chi connectivity index (χ0n) is 13.6. The third kappa shape index (κ3) is 3.88. The summed E-state index contributed by atoms with van der Waals surface area (Å²) in [5.41, 5.74) is -0.299. The third-order valence-electron chi connectivity index (χ3n) is 3.81. The number of ether oxygens (including phenoxy) is 3. The summed E-state index contributed by atoms with van der Waals surface area (Å²) < 4.78 is 43.7. The molecular formula is C18H17F2NO4. The van der Waals surface area contributed by atoms with Crippen molar-refractivity contribution in [1.82, 2.24) is 0 Å². The lowest BCUT2D eigenvalue weighted by Crippen LogP contribution is -2.18. The molecule has 0 saturated carbocycles. The van der Waals surface area contributed by atoms with Gasteiger partial charge < -0.3 is 19.5 Å². The summed E-state index contributed by atoms with van der Waals surface area (Å²) in [6.45, 7) is 1.07. The number of rotatable bonds is 5. The zero-order chi connectivity index (χ0) is 17.8. The Labute approximate surface area is 143 Å². The van der Waals surface area contributed by atoms with E-state index in [-0.39, 0.29) is 11.7 Å². The number of amides is 1. The normalized spacial score (nSPS) is 16.5. The monoisotopic (exact) mass is 349 g/mol. The Morgan fingerprint density at radius 3 is 2.60 bits per heavy atom. The molecule has 1 atom stereocenters. The van der Waals surface area contributed by atoms with Crippen LogP contribution < -0.4 is 14.8 Å². The molecule has 7 heteroatoms. The van der Waals surface area contributed by atoms with Gasteiger partial charge in [0.15, 0.2) is 11.5 Å². The molecule has 1 unspecified atom stereocenters. The van der Waals surface area contributed by atoms with Gasteiger partial charge in [0.25, 0.3) is 5.91 Å². The molecule has 3 rings (SSSR count). The topological polar surface area (TPSA) is 56.8 Å². The van der Waals surface area contributed by atoms with E-state index in [4.69, 9.17) is 14.2 Å². The van der Waals surface area contributed by atoms with E-state index in [1.54, 1.807) is 6.07 Å². The number of methoxy groups -OCH3 is 1. The number of anilines is 1. The highest BCUT2D eigenvalue weighted by atomic mass is 19.1. The second-order valence-electron chi connectivity index (χ2n) is 5.52. The molecule has 2 aromatic carbocycles. The summed E-state index contributed by atoms with van der Waals surface area (Å²) in [4.78, 5) is 12.3. The van der Waals surface area contributed by atoms with E-state index in [0.717, 1.165) is 18.6 Å². The van der Waals surface area contributed by atoms with Gasteiger partial charge in [0, 0.05) is 12.0 Å². The van der Waals surface area contributed by atoms with Gasteiger partial charge in [-0.3, -0.25) is 4.79 Å². The Balaban J connectivity index is 1.82. The summed E-state index contributed by atoms with van der Waals surface area (Å²) in [5, 5.41) is 2.24. The molecule has 0 spiro atoms. The highest BCUT2D eigenvalue weighted by molar-refractivity contribution is 6.04. The van der Waals surface area contributed by atoms with E-state index in [1.165, 1.54) is 25.3 Å². The van der Waals surface area contributed by atoms with Crippen LogP contribution in [0, 0.1) is 11.6 Å². The molecule has 132 valence electrons. The van der Waals surface area contributed by atoms with Crippen LogP contribution in [0.4, 0.5) is 14.5 Å². The fourth-order valence-electron chi connectivity index (χ4n) is 2.50. The zero-order valence-corrected chi connectivity index (χ0v) is 13.6. The largest absolute Gasteiger partial charge is 0.493 e. The minimum Gasteiger partial charge on any atom is -0.493 e. The van der Waals surface area contributed by atoms with Crippen LogP contribution in [0.25, 0.3) is 0 Å². The fourth-order valence-corrected chi connectivity index (χ4v) is 2.50. The number of hydrogen-bond donors (Lipinski definition) is 1. The van der Waals surface area contributed by atoms with Gasteiger partial charge in [0.05, 0.1) is 20.3 Å². The van der Waals surface area contributed by atoms with E-state index in [2.05, 4.69) is 5.32 Å². The van der Waals surface area contributed by atoms with E-state index >= 15 is 0 Å². The van der Waals surface area contributed by atoms with Crippen molar-refractivity contribution >= 4 is 11.6 Å². The lowest BCUT2D eigenvalue weighted by Gasteiger charge is -2.16. The molecule has 1 aliphatic heterocycles. The van der Waals surface area contributed by atoms with Crippen molar-refractivity contribution in [3.8, 4) is 11.5 Å². The van der Waals surface area contributed by atoms with Gasteiger partial charge in [0.2, 0.25) is 0 Å². The molecule has 1 N–H and O–H groups in total. The second kappa shape index (κ2) is 7.48. The molecular weight excluding hydrogens is 332 g/mol. The Morgan fingerprint density at radius 2 is 1.96 bits per heavy atom. The van der Waals surface area contributed by atoms with Crippen molar-refractivity contribution in [2.75, 3.05) is 25.6 Å². The van der Waals surface area contributed by atoms with Gasteiger partial charge in [-0.1, -0.05) is 6.07 Å². The maximum atomic E-state index is 13.7. The SMILES string of the molecule is COc1ccc(C(=O)Nc2c(F)cccc2F)cc1OC1CCOC1. The first-order valence-electron chi connectivity index (χ1n) is 7.76. The van der Waals surface area contributed by atoms with Gasteiger partial charge in [-0.15, -0.1) is 0 Å². The lowest BCUT2D eigenvalue weighted by molar-refractivity contribution is 0.102. The van der Waals surface area contributed by atoms with Crippen LogP contribution in [0.1, 0.15) is 16.8 Å². The molecule has 2 aromatic rings. The Bertz CT molecular complexity index is 755. The Morgan fingerprint density at radius 1 is 1.20 bits per heavy atom. The average Bonchev–Trinajstić information content (AvgIpc) is 3.11. The summed E-state index contributed by atoms with van der Waals surface area (Å²) in [7, 11) is 1.49. The summed E-state index contributed by atoms with van der Waals surface area (Å²) >= 11 is 0. The van der Waals surface area contributed by atoms with Gasteiger partial charge in [-0.25, -0.2) is 8.78 Å². The maximum Gasteiger partial charge on any atom is 0.255 e. The molecule has 1 heterocycles. The molecule has 0 aliphatic carbocycles.